The second-order valence-corrected chi connectivity index (χ2v) is 8.24. The molecule has 1 unspecified atom stereocenters. The number of nitrogens with zero attached hydrogens (tertiary/aromatic N) is 2. The van der Waals surface area contributed by atoms with Crippen molar-refractivity contribution in [3.8, 4) is 0 Å². The summed E-state index contributed by atoms with van der Waals surface area (Å²) in [6, 6.07) is 12.3. The van der Waals surface area contributed by atoms with E-state index < -0.39 is 5.25 Å². The number of thioether (sulfide) groups is 1. The topological polar surface area (TPSA) is 61.8 Å². The van der Waals surface area contributed by atoms with Crippen molar-refractivity contribution in [1.82, 2.24) is 4.90 Å². The first kappa shape index (κ1) is 20.7. The molecule has 0 aliphatic carbocycles. The fourth-order valence-corrected chi connectivity index (χ4v) is 4.26. The number of halogens is 2. The van der Waals surface area contributed by atoms with Crippen molar-refractivity contribution < 1.29 is 9.59 Å². The van der Waals surface area contributed by atoms with E-state index in [-0.39, 0.29) is 18.2 Å². The molecule has 1 fully saturated rings. The van der Waals surface area contributed by atoms with Gasteiger partial charge in [-0.15, -0.1) is 0 Å². The van der Waals surface area contributed by atoms with Gasteiger partial charge in [0.2, 0.25) is 11.8 Å². The molecule has 0 bridgehead atoms. The monoisotopic (exact) mass is 435 g/mol. The molecule has 3 rings (SSSR count). The number of hydrogen-bond acceptors (Lipinski definition) is 4. The van der Waals surface area contributed by atoms with Crippen molar-refractivity contribution in [1.29, 1.82) is 0 Å². The third-order valence-corrected chi connectivity index (χ3v) is 6.13. The standard InChI is InChI=1S/C20H19Cl2N3O2S/c1-3-25-19(27)17(11-18(26)23-14-9-7-13(21)8-10-14)28-20(25)24-16-6-4-5-15(22)12(16)2/h4-10,17H,3,11H2,1-2H3,(H,23,26). The molecule has 1 atom stereocenters. The van der Waals surface area contributed by atoms with E-state index in [1.807, 2.05) is 26.0 Å². The number of nitrogens with one attached hydrogen (secondary N) is 1. The van der Waals surface area contributed by atoms with Crippen LogP contribution in [0.5, 0.6) is 0 Å². The maximum Gasteiger partial charge on any atom is 0.242 e. The van der Waals surface area contributed by atoms with Crippen molar-refractivity contribution in [2.75, 3.05) is 11.9 Å². The summed E-state index contributed by atoms with van der Waals surface area (Å²) in [5.74, 6) is -0.346. The smallest absolute Gasteiger partial charge is 0.242 e. The number of anilines is 1. The molecule has 0 spiro atoms. The van der Waals surface area contributed by atoms with Gasteiger partial charge < -0.3 is 5.32 Å². The summed E-state index contributed by atoms with van der Waals surface area (Å²) in [4.78, 5) is 31.3. The molecule has 146 valence electrons. The molecule has 1 saturated heterocycles. The first-order valence-electron chi connectivity index (χ1n) is 8.76. The van der Waals surface area contributed by atoms with Gasteiger partial charge in [-0.1, -0.05) is 41.0 Å². The largest absolute Gasteiger partial charge is 0.326 e. The van der Waals surface area contributed by atoms with Crippen molar-refractivity contribution in [2.24, 2.45) is 4.99 Å². The van der Waals surface area contributed by atoms with E-state index in [4.69, 9.17) is 23.2 Å². The normalized spacial score (nSPS) is 18.0. The molecule has 0 aromatic heterocycles. The van der Waals surface area contributed by atoms with Crippen molar-refractivity contribution in [3.05, 3.63) is 58.1 Å². The number of carbonyl (C=O) groups excluding carboxylic acids is 2. The van der Waals surface area contributed by atoms with Crippen LogP contribution in [0.15, 0.2) is 47.5 Å². The Labute approximate surface area is 178 Å². The highest BCUT2D eigenvalue weighted by molar-refractivity contribution is 8.15. The highest BCUT2D eigenvalue weighted by Gasteiger charge is 2.38. The molecular formula is C20H19Cl2N3O2S. The van der Waals surface area contributed by atoms with Crippen LogP contribution in [0.4, 0.5) is 11.4 Å². The van der Waals surface area contributed by atoms with E-state index in [0.29, 0.717) is 33.1 Å². The Balaban J connectivity index is 1.74. The number of hydrogen-bond donors (Lipinski definition) is 1. The quantitative estimate of drug-likeness (QED) is 0.694. The van der Waals surface area contributed by atoms with E-state index in [0.717, 1.165) is 5.56 Å². The molecular weight excluding hydrogens is 417 g/mol. The van der Waals surface area contributed by atoms with Crippen molar-refractivity contribution in [3.63, 3.8) is 0 Å². The van der Waals surface area contributed by atoms with Gasteiger partial charge in [-0.05, 0) is 55.8 Å². The first-order chi connectivity index (χ1) is 13.4. The Kier molecular flexibility index (Phi) is 6.65. The SMILES string of the molecule is CCN1C(=O)C(CC(=O)Nc2ccc(Cl)cc2)SC1=Nc1cccc(Cl)c1C. The number of benzene rings is 2. The summed E-state index contributed by atoms with van der Waals surface area (Å²) in [5.41, 5.74) is 2.21. The summed E-state index contributed by atoms with van der Waals surface area (Å²) in [7, 11) is 0. The number of aliphatic imine (C=N–C) groups is 1. The molecule has 1 heterocycles. The molecule has 1 N–H and O–H groups in total. The van der Waals surface area contributed by atoms with Gasteiger partial charge in [-0.2, -0.15) is 0 Å². The highest BCUT2D eigenvalue weighted by Crippen LogP contribution is 2.33. The third-order valence-electron chi connectivity index (χ3n) is 4.29. The van der Waals surface area contributed by atoms with Crippen LogP contribution in [-0.4, -0.2) is 33.7 Å². The molecule has 5 nitrogen and oxygen atoms in total. The van der Waals surface area contributed by atoms with Gasteiger partial charge in [0, 0.05) is 28.7 Å². The molecule has 8 heteroatoms. The number of amidine groups is 1. The van der Waals surface area contributed by atoms with Gasteiger partial charge >= 0.3 is 0 Å². The average molecular weight is 436 g/mol. The molecule has 0 radical (unpaired) electrons. The molecule has 1 aliphatic rings. The minimum absolute atomic E-state index is 0.0656. The van der Waals surface area contributed by atoms with Gasteiger partial charge in [0.1, 0.15) is 5.25 Å². The summed E-state index contributed by atoms with van der Waals surface area (Å²) in [6.07, 6.45) is 0.0656. The van der Waals surface area contributed by atoms with Crippen molar-refractivity contribution in [2.45, 2.75) is 25.5 Å². The zero-order valence-electron chi connectivity index (χ0n) is 15.4. The fourth-order valence-electron chi connectivity index (χ4n) is 2.75. The Morgan fingerprint density at radius 1 is 1.21 bits per heavy atom. The van der Waals surface area contributed by atoms with Gasteiger partial charge in [0.15, 0.2) is 5.17 Å². The van der Waals surface area contributed by atoms with Crippen LogP contribution in [0, 0.1) is 6.92 Å². The Morgan fingerprint density at radius 2 is 1.93 bits per heavy atom. The second-order valence-electron chi connectivity index (χ2n) is 6.23. The van der Waals surface area contributed by atoms with E-state index in [2.05, 4.69) is 10.3 Å². The molecule has 2 aromatic rings. The second kappa shape index (κ2) is 8.99. The molecule has 0 saturated carbocycles. The van der Waals surface area contributed by atoms with Gasteiger partial charge in [0.25, 0.3) is 0 Å². The van der Waals surface area contributed by atoms with E-state index in [9.17, 15) is 9.59 Å². The van der Waals surface area contributed by atoms with Crippen LogP contribution in [0.2, 0.25) is 10.0 Å². The lowest BCUT2D eigenvalue weighted by molar-refractivity contribution is -0.128. The third kappa shape index (κ3) is 4.69. The Morgan fingerprint density at radius 3 is 2.61 bits per heavy atom. The van der Waals surface area contributed by atoms with Crippen LogP contribution in [0.3, 0.4) is 0 Å². The summed E-state index contributed by atoms with van der Waals surface area (Å²) in [6.45, 7) is 4.26. The molecule has 2 amide bonds. The van der Waals surface area contributed by atoms with Gasteiger partial charge in [-0.3, -0.25) is 14.5 Å². The molecule has 28 heavy (non-hydrogen) atoms. The maximum atomic E-state index is 12.7. The van der Waals surface area contributed by atoms with Crippen LogP contribution >= 0.6 is 35.0 Å². The van der Waals surface area contributed by atoms with Crippen LogP contribution in [0.25, 0.3) is 0 Å². The van der Waals surface area contributed by atoms with Crippen LogP contribution in [0.1, 0.15) is 18.9 Å². The molecule has 1 aliphatic heterocycles. The summed E-state index contributed by atoms with van der Waals surface area (Å²) < 4.78 is 0. The van der Waals surface area contributed by atoms with Gasteiger partial charge in [0.05, 0.1) is 5.69 Å². The van der Waals surface area contributed by atoms with E-state index in [1.54, 1.807) is 35.2 Å². The predicted octanol–water partition coefficient (Wildman–Crippen LogP) is 5.28. The lowest BCUT2D eigenvalue weighted by Gasteiger charge is -2.14. The van der Waals surface area contributed by atoms with Crippen molar-refractivity contribution >= 4 is 63.3 Å². The van der Waals surface area contributed by atoms with Crippen LogP contribution < -0.4 is 5.32 Å². The first-order valence-corrected chi connectivity index (χ1v) is 10.4. The summed E-state index contributed by atoms with van der Waals surface area (Å²) >= 11 is 13.3. The summed E-state index contributed by atoms with van der Waals surface area (Å²) in [5, 5.41) is 4.08. The molecule has 2 aromatic carbocycles. The average Bonchev–Trinajstić information content (AvgIpc) is 2.95. The fraction of sp³-hybridized carbons (Fsp3) is 0.250. The minimum atomic E-state index is -0.509. The zero-order valence-corrected chi connectivity index (χ0v) is 17.7. The Hall–Kier alpha value is -2.02. The van der Waals surface area contributed by atoms with Crippen LogP contribution in [-0.2, 0) is 9.59 Å². The predicted molar refractivity (Wildman–Crippen MR) is 117 cm³/mol. The highest BCUT2D eigenvalue weighted by atomic mass is 35.5. The Bertz CT molecular complexity index is 932. The minimum Gasteiger partial charge on any atom is -0.326 e. The lowest BCUT2D eigenvalue weighted by Crippen LogP contribution is -2.33. The maximum absolute atomic E-state index is 12.7. The van der Waals surface area contributed by atoms with E-state index in [1.165, 1.54) is 11.8 Å². The lowest BCUT2D eigenvalue weighted by atomic mass is 10.2. The zero-order chi connectivity index (χ0) is 20.3. The number of carbonyl (C=O) groups is 2. The van der Waals surface area contributed by atoms with E-state index >= 15 is 0 Å². The number of rotatable bonds is 5. The van der Waals surface area contributed by atoms with Gasteiger partial charge in [-0.25, -0.2) is 4.99 Å². The number of amides is 2.